The number of ether oxygens (including phenoxy) is 4. The summed E-state index contributed by atoms with van der Waals surface area (Å²) >= 11 is 0. The molecule has 3 aromatic carbocycles. The Kier molecular flexibility index (Phi) is 7.42. The average Bonchev–Trinajstić information content (AvgIpc) is 3.61. The maximum Gasteiger partial charge on any atom is 0.331 e. The first-order valence-corrected chi connectivity index (χ1v) is 19.8. The molecule has 3 unspecified atom stereocenters. The smallest absolute Gasteiger partial charge is 0.331 e. The molecule has 7 heterocycles. The van der Waals surface area contributed by atoms with Gasteiger partial charge in [-0.25, -0.2) is 4.79 Å². The SMILES string of the molecule is COc1c(C)cc2c(c1O)[C@@]1(C)N(C)[C@@](C)(C2)C(C)N2C1(C)[C@@H]1CCC3(NCCc4cc(C)c(C)cc43)C(=O)OC[C@@]2(C)c2c3c(c(C)c(C)c21)OCO3. The first kappa shape index (κ1) is 35.9. The molecule has 0 aromatic heterocycles. The number of phenolic OH excluding ortho intramolecular Hbond substituents is 1. The summed E-state index contributed by atoms with van der Waals surface area (Å²) in [6.45, 7) is 23.4. The zero-order chi connectivity index (χ0) is 38.7. The maximum absolute atomic E-state index is 15.0. The molecule has 7 aliphatic heterocycles. The number of carbonyl (C=O) groups excluding carboxylic acids is 1. The summed E-state index contributed by atoms with van der Waals surface area (Å²) in [6.07, 6.45) is 2.82. The van der Waals surface area contributed by atoms with Crippen molar-refractivity contribution in [1.29, 1.82) is 0 Å². The number of hydrogen-bond donors (Lipinski definition) is 2. The van der Waals surface area contributed by atoms with Crippen molar-refractivity contribution in [2.75, 3.05) is 34.1 Å². The highest BCUT2D eigenvalue weighted by molar-refractivity contribution is 5.84. The molecular formula is C45H57N3O6. The monoisotopic (exact) mass is 735 g/mol. The molecule has 0 aliphatic carbocycles. The predicted octanol–water partition coefficient (Wildman–Crippen LogP) is 6.99. The van der Waals surface area contributed by atoms with E-state index in [2.05, 4.69) is 103 Å². The summed E-state index contributed by atoms with van der Waals surface area (Å²) in [4.78, 5) is 20.3. The number of fused-ring (bicyclic) bond motifs is 9. The van der Waals surface area contributed by atoms with Gasteiger partial charge in [0.2, 0.25) is 6.79 Å². The van der Waals surface area contributed by atoms with Gasteiger partial charge in [-0.3, -0.25) is 15.1 Å². The Morgan fingerprint density at radius 1 is 0.907 bits per heavy atom. The second-order valence-electron chi connectivity index (χ2n) is 18.2. The molecule has 288 valence electrons. The van der Waals surface area contributed by atoms with Crippen LogP contribution in [-0.4, -0.2) is 72.1 Å². The predicted molar refractivity (Wildman–Crippen MR) is 208 cm³/mol. The lowest BCUT2D eigenvalue weighted by Crippen LogP contribution is -2.87. The number of methoxy groups -OCH3 is 1. The van der Waals surface area contributed by atoms with E-state index in [0.29, 0.717) is 25.1 Å². The summed E-state index contributed by atoms with van der Waals surface area (Å²) in [5.41, 5.74) is 8.70. The standard InChI is InChI=1S/C45H57N3O6/c1-23-17-29-14-16-46-45(32(29)19-24(23)2)15-13-31-33-26(4)27(5)38-39(54-22-53-38)35(33)42(8,21-52-40(45)50)48-28(6)41(7)20-30-18-25(3)37(51-12)36(49)34(30)44(10,47(41)11)43(31,48)9/h17-19,28,31,46,49H,13-16,20-22H2,1-12H3/t28?,31-,41+,42+,43?,44-,45?/m1/s1. The zero-order valence-electron chi connectivity index (χ0n) is 34.2. The Morgan fingerprint density at radius 2 is 1.59 bits per heavy atom. The summed E-state index contributed by atoms with van der Waals surface area (Å²) in [7, 11) is 3.90. The van der Waals surface area contributed by atoms with E-state index >= 15 is 4.79 Å². The van der Waals surface area contributed by atoms with Crippen molar-refractivity contribution in [2.24, 2.45) is 0 Å². The Hall–Kier alpha value is -3.79. The highest BCUT2D eigenvalue weighted by Crippen LogP contribution is 2.70. The first-order chi connectivity index (χ1) is 25.4. The van der Waals surface area contributed by atoms with Gasteiger partial charge in [0.1, 0.15) is 12.1 Å². The van der Waals surface area contributed by atoms with Crippen molar-refractivity contribution in [3.05, 3.63) is 79.4 Å². The van der Waals surface area contributed by atoms with E-state index in [9.17, 15) is 5.11 Å². The van der Waals surface area contributed by atoms with Crippen LogP contribution in [0.1, 0.15) is 115 Å². The van der Waals surface area contributed by atoms with Crippen molar-refractivity contribution in [3.63, 3.8) is 0 Å². The Morgan fingerprint density at radius 3 is 2.31 bits per heavy atom. The topological polar surface area (TPSA) is 92.7 Å². The van der Waals surface area contributed by atoms with Crippen LogP contribution in [0.4, 0.5) is 0 Å². The Bertz CT molecular complexity index is 2180. The second kappa shape index (κ2) is 11.2. The fraction of sp³-hybridized carbons (Fsp3) is 0.578. The minimum Gasteiger partial charge on any atom is -0.504 e. The van der Waals surface area contributed by atoms with Crippen molar-refractivity contribution >= 4 is 5.97 Å². The van der Waals surface area contributed by atoms with E-state index in [4.69, 9.17) is 18.9 Å². The maximum atomic E-state index is 15.0. The average molecular weight is 736 g/mol. The van der Waals surface area contributed by atoms with Crippen molar-refractivity contribution in [3.8, 4) is 23.0 Å². The molecule has 1 spiro atoms. The van der Waals surface area contributed by atoms with E-state index in [1.165, 1.54) is 27.8 Å². The lowest BCUT2D eigenvalue weighted by atomic mass is 9.49. The lowest BCUT2D eigenvalue weighted by molar-refractivity contribution is -0.253. The third-order valence-corrected chi connectivity index (χ3v) is 16.1. The number of phenols is 1. The molecule has 2 fully saturated rings. The molecule has 0 amide bonds. The number of likely N-dealkylation sites (N-methyl/N-ethyl adjacent to an activating group) is 1. The number of rotatable bonds is 1. The molecule has 3 aromatic rings. The van der Waals surface area contributed by atoms with Gasteiger partial charge in [-0.1, -0.05) is 18.2 Å². The molecule has 10 rings (SSSR count). The van der Waals surface area contributed by atoms with Gasteiger partial charge in [0.15, 0.2) is 23.0 Å². The van der Waals surface area contributed by atoms with Gasteiger partial charge in [0.05, 0.1) is 18.2 Å². The van der Waals surface area contributed by atoms with E-state index in [0.717, 1.165) is 57.7 Å². The van der Waals surface area contributed by atoms with Crippen LogP contribution in [0.15, 0.2) is 18.2 Å². The number of hydrogen-bond acceptors (Lipinski definition) is 9. The number of carbonyl (C=O) groups is 1. The number of aromatic hydroxyl groups is 1. The number of nitrogens with one attached hydrogen (secondary N) is 1. The highest BCUT2D eigenvalue weighted by atomic mass is 16.7. The molecule has 2 saturated heterocycles. The van der Waals surface area contributed by atoms with Crippen LogP contribution in [0.3, 0.4) is 0 Å². The molecule has 0 saturated carbocycles. The molecule has 9 nitrogen and oxygen atoms in total. The lowest BCUT2D eigenvalue weighted by Gasteiger charge is -2.77. The first-order valence-electron chi connectivity index (χ1n) is 19.8. The van der Waals surface area contributed by atoms with Crippen LogP contribution >= 0.6 is 0 Å². The molecule has 2 N–H and O–H groups in total. The third-order valence-electron chi connectivity index (χ3n) is 16.1. The molecular weight excluding hydrogens is 679 g/mol. The molecule has 0 radical (unpaired) electrons. The highest BCUT2D eigenvalue weighted by Gasteiger charge is 2.74. The number of benzene rings is 3. The Balaban J connectivity index is 1.39. The zero-order valence-corrected chi connectivity index (χ0v) is 34.2. The van der Waals surface area contributed by atoms with Crippen LogP contribution in [0, 0.1) is 34.6 Å². The van der Waals surface area contributed by atoms with Crippen LogP contribution in [0.5, 0.6) is 23.0 Å². The van der Waals surface area contributed by atoms with Crippen molar-refractivity contribution in [2.45, 2.75) is 135 Å². The molecule has 7 aliphatic rings. The van der Waals surface area contributed by atoms with E-state index in [-0.39, 0.29) is 42.6 Å². The molecule has 54 heavy (non-hydrogen) atoms. The van der Waals surface area contributed by atoms with Crippen LogP contribution in [-0.2, 0) is 39.0 Å². The number of esters is 1. The molecule has 7 atom stereocenters. The van der Waals surface area contributed by atoms with Gasteiger partial charge in [0.25, 0.3) is 0 Å². The van der Waals surface area contributed by atoms with Gasteiger partial charge >= 0.3 is 5.97 Å². The molecule has 4 bridgehead atoms. The third kappa shape index (κ3) is 3.94. The van der Waals surface area contributed by atoms with Gasteiger partial charge in [0, 0.05) is 40.7 Å². The van der Waals surface area contributed by atoms with Crippen LogP contribution in [0.2, 0.25) is 0 Å². The van der Waals surface area contributed by atoms with E-state index in [1.807, 2.05) is 6.92 Å². The fourth-order valence-corrected chi connectivity index (χ4v) is 12.9. The number of nitrogens with zero attached hydrogens (tertiary/aromatic N) is 2. The summed E-state index contributed by atoms with van der Waals surface area (Å²) in [5.74, 6) is 1.98. The number of aryl methyl sites for hydroxylation is 3. The van der Waals surface area contributed by atoms with Crippen LogP contribution in [0.25, 0.3) is 0 Å². The minimum atomic E-state index is -1.00. The summed E-state index contributed by atoms with van der Waals surface area (Å²) in [6, 6.07) is 6.74. The fourth-order valence-electron chi connectivity index (χ4n) is 12.9. The summed E-state index contributed by atoms with van der Waals surface area (Å²) < 4.78 is 25.5. The van der Waals surface area contributed by atoms with E-state index in [1.54, 1.807) is 7.11 Å². The summed E-state index contributed by atoms with van der Waals surface area (Å²) in [5, 5.41) is 16.2. The normalized spacial score (nSPS) is 35.2. The second-order valence-corrected chi connectivity index (χ2v) is 18.2. The number of piperazine rings is 1. The van der Waals surface area contributed by atoms with Gasteiger partial charge in [-0.05, 0) is 152 Å². The minimum absolute atomic E-state index is 0.00949. The van der Waals surface area contributed by atoms with Crippen molar-refractivity contribution in [1.82, 2.24) is 15.1 Å². The van der Waals surface area contributed by atoms with Gasteiger partial charge < -0.3 is 24.1 Å². The van der Waals surface area contributed by atoms with Crippen LogP contribution < -0.4 is 19.5 Å². The quantitative estimate of drug-likeness (QED) is 0.257. The van der Waals surface area contributed by atoms with Gasteiger partial charge in [-0.2, -0.15) is 0 Å². The molecule has 9 heteroatoms. The van der Waals surface area contributed by atoms with Gasteiger partial charge in [-0.15, -0.1) is 0 Å². The van der Waals surface area contributed by atoms with E-state index < -0.39 is 22.2 Å². The Labute approximate surface area is 320 Å². The van der Waals surface area contributed by atoms with Crippen molar-refractivity contribution < 1.29 is 28.8 Å². The largest absolute Gasteiger partial charge is 0.504 e.